The summed E-state index contributed by atoms with van der Waals surface area (Å²) in [5.41, 5.74) is 5.82. The molecule has 2 aliphatic rings. The first-order valence-corrected chi connectivity index (χ1v) is 7.58. The van der Waals surface area contributed by atoms with Gasteiger partial charge in [-0.05, 0) is 50.4 Å². The second kappa shape index (κ2) is 5.48. The van der Waals surface area contributed by atoms with E-state index in [0.29, 0.717) is 12.0 Å². The predicted molar refractivity (Wildman–Crippen MR) is 75.3 cm³/mol. The molecule has 1 saturated heterocycles. The third-order valence-corrected chi connectivity index (χ3v) is 5.05. The number of nitrogens with two attached hydrogens (primary N) is 1. The van der Waals surface area contributed by atoms with Crippen molar-refractivity contribution >= 4 is 0 Å². The van der Waals surface area contributed by atoms with Gasteiger partial charge in [0.1, 0.15) is 0 Å². The molecule has 1 heterocycles. The van der Waals surface area contributed by atoms with Crippen molar-refractivity contribution in [3.05, 3.63) is 0 Å². The van der Waals surface area contributed by atoms with Gasteiger partial charge in [0.25, 0.3) is 0 Å². The molecule has 2 fully saturated rings. The Morgan fingerprint density at radius 3 is 2.67 bits per heavy atom. The van der Waals surface area contributed by atoms with Crippen LogP contribution in [-0.2, 0) is 0 Å². The Bertz CT molecular complexity index is 278. The lowest BCUT2D eigenvalue weighted by Gasteiger charge is -2.38. The minimum atomic E-state index is -0.476. The van der Waals surface area contributed by atoms with Gasteiger partial charge >= 0.3 is 0 Å². The van der Waals surface area contributed by atoms with Crippen LogP contribution in [0.1, 0.15) is 46.5 Å². The van der Waals surface area contributed by atoms with Crippen molar-refractivity contribution < 1.29 is 5.11 Å². The van der Waals surface area contributed by atoms with E-state index in [1.165, 1.54) is 19.3 Å². The van der Waals surface area contributed by atoms with Crippen molar-refractivity contribution in [2.45, 2.75) is 58.1 Å². The number of likely N-dealkylation sites (tertiary alicyclic amines) is 1. The molecule has 4 atom stereocenters. The van der Waals surface area contributed by atoms with Gasteiger partial charge in [-0.25, -0.2) is 0 Å². The van der Waals surface area contributed by atoms with Crippen LogP contribution in [0.5, 0.6) is 0 Å². The molecule has 0 amide bonds. The Morgan fingerprint density at radius 2 is 2.11 bits per heavy atom. The molecule has 2 rings (SSSR count). The van der Waals surface area contributed by atoms with Gasteiger partial charge in [0.05, 0.1) is 5.60 Å². The lowest BCUT2D eigenvalue weighted by molar-refractivity contribution is 0.0623. The average Bonchev–Trinajstić information content (AvgIpc) is 2.61. The van der Waals surface area contributed by atoms with E-state index in [2.05, 4.69) is 18.7 Å². The minimum Gasteiger partial charge on any atom is -0.389 e. The predicted octanol–water partition coefficient (Wildman–Crippen LogP) is 1.84. The highest BCUT2D eigenvalue weighted by atomic mass is 16.3. The van der Waals surface area contributed by atoms with E-state index in [1.54, 1.807) is 0 Å². The Hall–Kier alpha value is -0.120. The van der Waals surface area contributed by atoms with Crippen LogP contribution in [0, 0.1) is 17.8 Å². The second-order valence-corrected chi connectivity index (χ2v) is 7.22. The van der Waals surface area contributed by atoms with E-state index >= 15 is 0 Å². The van der Waals surface area contributed by atoms with Gasteiger partial charge in [0.15, 0.2) is 0 Å². The molecule has 1 aliphatic carbocycles. The summed E-state index contributed by atoms with van der Waals surface area (Å²) in [5.74, 6) is 2.25. The van der Waals surface area contributed by atoms with E-state index < -0.39 is 5.60 Å². The van der Waals surface area contributed by atoms with Gasteiger partial charge in [0.2, 0.25) is 0 Å². The number of rotatable bonds is 3. The zero-order valence-electron chi connectivity index (χ0n) is 12.2. The molecular formula is C15H30N2O. The van der Waals surface area contributed by atoms with E-state index in [4.69, 9.17) is 5.73 Å². The number of β-amino-alcohol motifs (C(OH)–C–C–N with tert-alkyl or cyclic N) is 1. The van der Waals surface area contributed by atoms with E-state index in [1.807, 2.05) is 6.92 Å². The molecule has 1 aliphatic heterocycles. The van der Waals surface area contributed by atoms with Gasteiger partial charge in [-0.1, -0.05) is 13.8 Å². The van der Waals surface area contributed by atoms with E-state index in [9.17, 15) is 5.11 Å². The minimum absolute atomic E-state index is 0.366. The van der Waals surface area contributed by atoms with Gasteiger partial charge in [0, 0.05) is 25.7 Å². The smallest absolute Gasteiger partial charge is 0.0758 e. The fourth-order valence-corrected chi connectivity index (χ4v) is 3.67. The first kappa shape index (κ1) is 14.3. The lowest BCUT2D eigenvalue weighted by Crippen LogP contribution is -2.44. The van der Waals surface area contributed by atoms with Crippen LogP contribution in [-0.4, -0.2) is 41.3 Å². The van der Waals surface area contributed by atoms with Crippen LogP contribution in [0.2, 0.25) is 0 Å². The summed E-state index contributed by atoms with van der Waals surface area (Å²) in [6.07, 6.45) is 4.66. The Morgan fingerprint density at radius 1 is 1.39 bits per heavy atom. The monoisotopic (exact) mass is 254 g/mol. The van der Waals surface area contributed by atoms with Gasteiger partial charge in [-0.2, -0.15) is 0 Å². The van der Waals surface area contributed by atoms with Crippen LogP contribution in [0.4, 0.5) is 0 Å². The largest absolute Gasteiger partial charge is 0.389 e. The summed E-state index contributed by atoms with van der Waals surface area (Å²) in [4.78, 5) is 2.41. The zero-order chi connectivity index (χ0) is 13.3. The lowest BCUT2D eigenvalue weighted by atomic mass is 9.74. The molecule has 0 bridgehead atoms. The standard InChI is InChI=1S/C15H30N2O/c1-11(2)12-4-5-14(16)13(8-12)9-17-7-6-15(3,18)10-17/h11-14,18H,4-10,16H2,1-3H3. The Kier molecular flexibility index (Phi) is 4.35. The molecule has 18 heavy (non-hydrogen) atoms. The fraction of sp³-hybridized carbons (Fsp3) is 1.00. The number of nitrogens with zero attached hydrogens (tertiary/aromatic N) is 1. The Labute approximate surface area is 112 Å². The van der Waals surface area contributed by atoms with Crippen LogP contribution in [0.25, 0.3) is 0 Å². The van der Waals surface area contributed by atoms with Crippen molar-refractivity contribution in [3.8, 4) is 0 Å². The summed E-state index contributed by atoms with van der Waals surface area (Å²) < 4.78 is 0. The number of hydrogen-bond acceptors (Lipinski definition) is 3. The summed E-state index contributed by atoms with van der Waals surface area (Å²) in [6.45, 7) is 9.55. The third-order valence-electron chi connectivity index (χ3n) is 5.05. The number of hydrogen-bond donors (Lipinski definition) is 2. The van der Waals surface area contributed by atoms with Crippen molar-refractivity contribution in [1.29, 1.82) is 0 Å². The average molecular weight is 254 g/mol. The van der Waals surface area contributed by atoms with E-state index in [0.717, 1.165) is 37.9 Å². The third kappa shape index (κ3) is 3.46. The first-order chi connectivity index (χ1) is 8.37. The van der Waals surface area contributed by atoms with Gasteiger partial charge in [-0.3, -0.25) is 0 Å². The molecule has 0 aromatic carbocycles. The highest BCUT2D eigenvalue weighted by molar-refractivity contribution is 4.90. The maximum atomic E-state index is 10.0. The van der Waals surface area contributed by atoms with Crippen LogP contribution in [0.15, 0.2) is 0 Å². The molecular weight excluding hydrogens is 224 g/mol. The SMILES string of the molecule is CC(C)C1CCC(N)C(CN2CCC(C)(O)C2)C1. The molecule has 3 N–H and O–H groups in total. The van der Waals surface area contributed by atoms with Crippen molar-refractivity contribution in [2.24, 2.45) is 23.5 Å². The summed E-state index contributed by atoms with van der Waals surface area (Å²) in [7, 11) is 0. The molecule has 0 aromatic heterocycles. The molecule has 0 radical (unpaired) electrons. The maximum absolute atomic E-state index is 10.0. The van der Waals surface area contributed by atoms with E-state index in [-0.39, 0.29) is 0 Å². The molecule has 0 spiro atoms. The summed E-state index contributed by atoms with van der Waals surface area (Å²) >= 11 is 0. The van der Waals surface area contributed by atoms with Crippen LogP contribution in [0.3, 0.4) is 0 Å². The topological polar surface area (TPSA) is 49.5 Å². The molecule has 3 heteroatoms. The quantitative estimate of drug-likeness (QED) is 0.808. The Balaban J connectivity index is 1.87. The molecule has 0 aromatic rings. The zero-order valence-corrected chi connectivity index (χ0v) is 12.2. The van der Waals surface area contributed by atoms with Crippen molar-refractivity contribution in [1.82, 2.24) is 4.90 Å². The fourth-order valence-electron chi connectivity index (χ4n) is 3.67. The van der Waals surface area contributed by atoms with Crippen LogP contribution < -0.4 is 5.73 Å². The molecule has 1 saturated carbocycles. The second-order valence-electron chi connectivity index (χ2n) is 7.22. The highest BCUT2D eigenvalue weighted by Gasteiger charge is 2.35. The normalized spacial score (nSPS) is 42.7. The van der Waals surface area contributed by atoms with Gasteiger partial charge in [-0.15, -0.1) is 0 Å². The van der Waals surface area contributed by atoms with Crippen molar-refractivity contribution in [3.63, 3.8) is 0 Å². The summed E-state index contributed by atoms with van der Waals surface area (Å²) in [5, 5.41) is 10.0. The maximum Gasteiger partial charge on any atom is 0.0758 e. The van der Waals surface area contributed by atoms with Gasteiger partial charge < -0.3 is 15.7 Å². The molecule has 3 nitrogen and oxygen atoms in total. The van der Waals surface area contributed by atoms with Crippen LogP contribution >= 0.6 is 0 Å². The number of aliphatic hydroxyl groups is 1. The molecule has 106 valence electrons. The first-order valence-electron chi connectivity index (χ1n) is 7.58. The van der Waals surface area contributed by atoms with Crippen molar-refractivity contribution in [2.75, 3.05) is 19.6 Å². The summed E-state index contributed by atoms with van der Waals surface area (Å²) in [6, 6.07) is 0.366. The highest BCUT2D eigenvalue weighted by Crippen LogP contribution is 2.34. The molecule has 4 unspecified atom stereocenters.